The molecule has 1 aliphatic rings. The molecule has 0 atom stereocenters. The molecule has 0 saturated carbocycles. The van der Waals surface area contributed by atoms with Gasteiger partial charge >= 0.3 is 11.5 Å². The highest BCUT2D eigenvalue weighted by Gasteiger charge is 2.26. The standard InChI is InChI=1S/C44H35O8/c1-47-35-17-9-5-13-29(35)39-23-27(24-40(51-39)30-14-6-10-18-36(30)48-2)21-33-43(45)34(44(33)46)22-28-25-41(31-15-7-11-19-37(31)49-3)52-42(26-28)32-16-8-12-20-38(32)50-4/h5-27H,1-4H3/q+1. The van der Waals surface area contributed by atoms with E-state index in [4.69, 9.17) is 28.1 Å². The van der Waals surface area contributed by atoms with Gasteiger partial charge in [0.05, 0.1) is 62.1 Å². The van der Waals surface area contributed by atoms with Gasteiger partial charge in [-0.1, -0.05) is 54.6 Å². The summed E-state index contributed by atoms with van der Waals surface area (Å²) in [6.45, 7) is 0. The maximum Gasteiger partial charge on any atom is 0.365 e. The lowest BCUT2D eigenvalue weighted by Crippen LogP contribution is -2.64. The maximum absolute atomic E-state index is 13.7. The Labute approximate surface area is 300 Å². The van der Waals surface area contributed by atoms with Crippen LogP contribution in [-0.4, -0.2) is 28.4 Å². The largest absolute Gasteiger partial charge is 0.496 e. The van der Waals surface area contributed by atoms with Gasteiger partial charge in [0.15, 0.2) is 0 Å². The second-order valence-corrected chi connectivity index (χ2v) is 12.0. The molecule has 7 rings (SSSR count). The van der Waals surface area contributed by atoms with E-state index in [0.717, 1.165) is 11.1 Å². The van der Waals surface area contributed by atoms with Crippen LogP contribution in [0.15, 0.2) is 135 Å². The molecule has 0 saturated heterocycles. The van der Waals surface area contributed by atoms with Crippen molar-refractivity contribution >= 4 is 23.7 Å². The number of hydrogen-bond donors (Lipinski definition) is 0. The molecule has 0 amide bonds. The van der Waals surface area contributed by atoms with Gasteiger partial charge in [-0.25, -0.2) is 4.42 Å². The minimum atomic E-state index is -0.456. The molecule has 8 nitrogen and oxygen atoms in total. The Balaban J connectivity index is 1.35. The van der Waals surface area contributed by atoms with Crippen LogP contribution in [0.5, 0.6) is 23.0 Å². The van der Waals surface area contributed by atoms with Crippen molar-refractivity contribution in [2.24, 2.45) is 5.92 Å². The first-order valence-corrected chi connectivity index (χ1v) is 16.6. The first-order valence-electron chi connectivity index (χ1n) is 16.6. The van der Waals surface area contributed by atoms with Crippen molar-refractivity contribution in [3.05, 3.63) is 169 Å². The van der Waals surface area contributed by atoms with E-state index in [-0.39, 0.29) is 21.3 Å². The third-order valence-electron chi connectivity index (χ3n) is 8.86. The number of methoxy groups -OCH3 is 4. The first kappa shape index (κ1) is 33.8. The highest BCUT2D eigenvalue weighted by molar-refractivity contribution is 5.79. The topological polar surface area (TPSA) is 91.6 Å². The molecule has 2 heterocycles. The van der Waals surface area contributed by atoms with E-state index in [2.05, 4.69) is 0 Å². The van der Waals surface area contributed by atoms with E-state index in [1.54, 1.807) is 52.7 Å². The lowest BCUT2D eigenvalue weighted by Gasteiger charge is -2.23. The van der Waals surface area contributed by atoms with Crippen molar-refractivity contribution in [3.63, 3.8) is 0 Å². The van der Waals surface area contributed by atoms with Crippen LogP contribution >= 0.6 is 0 Å². The van der Waals surface area contributed by atoms with Gasteiger partial charge in [0.25, 0.3) is 0 Å². The molecule has 0 fully saturated rings. The summed E-state index contributed by atoms with van der Waals surface area (Å²) >= 11 is 0. The van der Waals surface area contributed by atoms with Crippen molar-refractivity contribution in [3.8, 4) is 45.6 Å². The number of benzene rings is 4. The molecule has 1 aromatic heterocycles. The molecule has 0 unspecified atom stereocenters. The predicted octanol–water partition coefficient (Wildman–Crippen LogP) is 6.86. The maximum atomic E-state index is 13.7. The van der Waals surface area contributed by atoms with Crippen LogP contribution in [0.2, 0.25) is 0 Å². The highest BCUT2D eigenvalue weighted by atomic mass is 16.5. The Hall–Kier alpha value is -6.67. The zero-order valence-corrected chi connectivity index (χ0v) is 29.0. The van der Waals surface area contributed by atoms with Crippen LogP contribution in [0.4, 0.5) is 0 Å². The van der Waals surface area contributed by atoms with Crippen LogP contribution in [0, 0.1) is 5.92 Å². The van der Waals surface area contributed by atoms with Crippen molar-refractivity contribution in [1.29, 1.82) is 0 Å². The molecule has 52 heavy (non-hydrogen) atoms. The van der Waals surface area contributed by atoms with Gasteiger partial charge in [0, 0.05) is 5.92 Å². The van der Waals surface area contributed by atoms with Gasteiger partial charge in [0.1, 0.15) is 45.6 Å². The molecule has 0 radical (unpaired) electrons. The van der Waals surface area contributed by atoms with Crippen molar-refractivity contribution in [2.45, 2.75) is 0 Å². The number of rotatable bonds is 10. The molecule has 8 heteroatoms. The smallest absolute Gasteiger partial charge is 0.365 e. The molecule has 1 aliphatic heterocycles. The first-order chi connectivity index (χ1) is 25.4. The number of hydrogen-bond acceptors (Lipinski definition) is 7. The normalized spacial score (nSPS) is 12.7. The Kier molecular flexibility index (Phi) is 9.54. The monoisotopic (exact) mass is 691 g/mol. The van der Waals surface area contributed by atoms with Gasteiger partial charge in [-0.05, 0) is 72.3 Å². The second kappa shape index (κ2) is 14.7. The zero-order chi connectivity index (χ0) is 36.2. The van der Waals surface area contributed by atoms with E-state index < -0.39 is 5.92 Å². The Morgan fingerprint density at radius 2 is 0.923 bits per heavy atom. The summed E-state index contributed by atoms with van der Waals surface area (Å²) in [5.74, 6) is 4.05. The average molecular weight is 692 g/mol. The van der Waals surface area contributed by atoms with E-state index >= 15 is 0 Å². The summed E-state index contributed by atoms with van der Waals surface area (Å²) in [7, 11) is 6.37. The van der Waals surface area contributed by atoms with Gasteiger partial charge in [-0.15, -0.1) is 0 Å². The average Bonchev–Trinajstić information content (AvgIpc) is 3.21. The molecule has 0 bridgehead atoms. The summed E-state index contributed by atoms with van der Waals surface area (Å²) in [5, 5.41) is 0.171. The van der Waals surface area contributed by atoms with E-state index in [1.807, 2.05) is 109 Å². The van der Waals surface area contributed by atoms with Gasteiger partial charge < -0.3 is 23.7 Å². The van der Waals surface area contributed by atoms with Crippen molar-refractivity contribution in [2.75, 3.05) is 28.4 Å². The molecule has 258 valence electrons. The van der Waals surface area contributed by atoms with Crippen LogP contribution in [0.1, 0.15) is 16.7 Å². The van der Waals surface area contributed by atoms with Crippen molar-refractivity contribution < 1.29 is 28.1 Å². The van der Waals surface area contributed by atoms with E-state index in [0.29, 0.717) is 62.7 Å². The van der Waals surface area contributed by atoms with E-state index in [1.165, 1.54) is 0 Å². The fraction of sp³-hybridized carbons (Fsp3) is 0.114. The summed E-state index contributed by atoms with van der Waals surface area (Å²) in [5.41, 5.74) is 2.78. The van der Waals surface area contributed by atoms with Crippen LogP contribution in [-0.2, 0) is 4.74 Å². The van der Waals surface area contributed by atoms with Crippen LogP contribution < -0.4 is 40.2 Å². The van der Waals surface area contributed by atoms with Crippen LogP contribution in [0.3, 0.4) is 0 Å². The SMILES string of the molecule is COc1ccccc1C1=CC(C=c2c(=O)c(=Cc3cc(-c4ccccc4OC)[o+]c(-c4ccccc4OC)c3)c2=O)C=C(c2ccccc2OC)O1. The molecular weight excluding hydrogens is 656 g/mol. The van der Waals surface area contributed by atoms with Crippen molar-refractivity contribution in [1.82, 2.24) is 0 Å². The fourth-order valence-corrected chi connectivity index (χ4v) is 6.31. The summed E-state index contributed by atoms with van der Waals surface area (Å²) < 4.78 is 35.3. The van der Waals surface area contributed by atoms with E-state index in [9.17, 15) is 9.59 Å². The Bertz CT molecular complexity index is 2390. The zero-order valence-electron chi connectivity index (χ0n) is 29.0. The van der Waals surface area contributed by atoms with Gasteiger partial charge in [-0.2, -0.15) is 0 Å². The highest BCUT2D eigenvalue weighted by Crippen LogP contribution is 2.39. The molecule has 0 aliphatic carbocycles. The Morgan fingerprint density at radius 1 is 0.538 bits per heavy atom. The number of para-hydroxylation sites is 4. The Morgan fingerprint density at radius 3 is 1.35 bits per heavy atom. The van der Waals surface area contributed by atoms with Crippen LogP contribution in [0.25, 0.3) is 46.3 Å². The summed E-state index contributed by atoms with van der Waals surface area (Å²) in [6, 6.07) is 33.5. The lowest BCUT2D eigenvalue weighted by atomic mass is 9.96. The fourth-order valence-electron chi connectivity index (χ4n) is 6.31. The summed E-state index contributed by atoms with van der Waals surface area (Å²) in [4.78, 5) is 27.5. The quantitative estimate of drug-likeness (QED) is 0.144. The molecule has 6 aromatic rings. The van der Waals surface area contributed by atoms with Gasteiger partial charge in [0.2, 0.25) is 10.9 Å². The minimum Gasteiger partial charge on any atom is -0.496 e. The third-order valence-corrected chi connectivity index (χ3v) is 8.86. The lowest BCUT2D eigenvalue weighted by molar-refractivity contribution is 0.397. The van der Waals surface area contributed by atoms with Gasteiger partial charge in [-0.3, -0.25) is 9.59 Å². The number of allylic oxidation sites excluding steroid dienone is 2. The molecular formula is C44H35O8+. The second-order valence-electron chi connectivity index (χ2n) is 12.0. The number of ether oxygens (including phenoxy) is 5. The predicted molar refractivity (Wildman–Crippen MR) is 202 cm³/mol. The summed E-state index contributed by atoms with van der Waals surface area (Å²) in [6.07, 6.45) is 7.01. The molecule has 5 aromatic carbocycles. The molecule has 0 N–H and O–H groups in total. The third kappa shape index (κ3) is 6.50. The minimum absolute atomic E-state index is 0.0735. The molecule has 0 spiro atoms.